The van der Waals surface area contributed by atoms with Crippen LogP contribution in [0.4, 0.5) is 14.5 Å². The number of rotatable bonds is 5. The average molecular weight is 243 g/mol. The summed E-state index contributed by atoms with van der Waals surface area (Å²) in [5, 5.41) is 11.8. The van der Waals surface area contributed by atoms with Gasteiger partial charge in [0.15, 0.2) is 11.6 Å². The van der Waals surface area contributed by atoms with Crippen molar-refractivity contribution in [2.24, 2.45) is 0 Å². The minimum absolute atomic E-state index is 0.00274. The quantitative estimate of drug-likeness (QED) is 0.834. The summed E-state index contributed by atoms with van der Waals surface area (Å²) in [5.41, 5.74) is -0.149. The van der Waals surface area contributed by atoms with Crippen LogP contribution in [0, 0.1) is 11.6 Å². The van der Waals surface area contributed by atoms with Gasteiger partial charge >= 0.3 is 5.97 Å². The van der Waals surface area contributed by atoms with E-state index < -0.39 is 17.6 Å². The summed E-state index contributed by atoms with van der Waals surface area (Å²) in [7, 11) is 0. The minimum atomic E-state index is -1.28. The Morgan fingerprint density at radius 3 is 2.53 bits per heavy atom. The lowest BCUT2D eigenvalue weighted by Crippen LogP contribution is -2.17. The van der Waals surface area contributed by atoms with Crippen LogP contribution >= 0.6 is 0 Å². The number of hydrogen-bond donors (Lipinski definition) is 2. The average Bonchev–Trinajstić information content (AvgIpc) is 2.23. The van der Waals surface area contributed by atoms with Crippen LogP contribution in [0.1, 0.15) is 37.0 Å². The molecular weight excluding hydrogens is 228 g/mol. The summed E-state index contributed by atoms with van der Waals surface area (Å²) < 4.78 is 26.0. The lowest BCUT2D eigenvalue weighted by Gasteiger charge is -2.16. The standard InChI is InChI=1S/C12H15F2NO2/c1-3-4-7(2)15-11-6-10(14)9(13)5-8(11)12(16)17/h5-7,15H,3-4H2,1-2H3,(H,16,17). The van der Waals surface area contributed by atoms with E-state index in [1.165, 1.54) is 0 Å². The molecule has 0 heterocycles. The van der Waals surface area contributed by atoms with Gasteiger partial charge in [-0.3, -0.25) is 0 Å². The third-order valence-corrected chi connectivity index (χ3v) is 2.41. The third-order valence-electron chi connectivity index (χ3n) is 2.41. The van der Waals surface area contributed by atoms with E-state index in [1.807, 2.05) is 13.8 Å². The molecule has 0 aliphatic rings. The molecule has 0 aliphatic heterocycles. The van der Waals surface area contributed by atoms with Gasteiger partial charge in [0, 0.05) is 12.1 Å². The van der Waals surface area contributed by atoms with Gasteiger partial charge in [-0.2, -0.15) is 0 Å². The van der Waals surface area contributed by atoms with E-state index >= 15 is 0 Å². The number of benzene rings is 1. The number of carboxylic acid groups (broad SMARTS) is 1. The maximum Gasteiger partial charge on any atom is 0.337 e. The van der Waals surface area contributed by atoms with Crippen molar-refractivity contribution in [3.8, 4) is 0 Å². The lowest BCUT2D eigenvalue weighted by atomic mass is 10.1. The topological polar surface area (TPSA) is 49.3 Å². The molecule has 0 aromatic heterocycles. The summed E-state index contributed by atoms with van der Waals surface area (Å²) >= 11 is 0. The zero-order valence-electron chi connectivity index (χ0n) is 9.76. The van der Waals surface area contributed by atoms with Crippen LogP contribution in [0.25, 0.3) is 0 Å². The monoisotopic (exact) mass is 243 g/mol. The first-order chi connectivity index (χ1) is 7.95. The summed E-state index contributed by atoms with van der Waals surface area (Å²) in [6.45, 7) is 3.85. The first-order valence-electron chi connectivity index (χ1n) is 5.44. The zero-order valence-corrected chi connectivity index (χ0v) is 9.76. The van der Waals surface area contributed by atoms with Crippen molar-refractivity contribution in [2.45, 2.75) is 32.7 Å². The molecule has 94 valence electrons. The second kappa shape index (κ2) is 5.61. The number of hydrogen-bond acceptors (Lipinski definition) is 2. The normalized spacial score (nSPS) is 12.2. The molecule has 1 rings (SSSR count). The molecule has 5 heteroatoms. The van der Waals surface area contributed by atoms with E-state index in [0.717, 1.165) is 18.9 Å². The largest absolute Gasteiger partial charge is 0.478 e. The predicted molar refractivity (Wildman–Crippen MR) is 61.3 cm³/mol. The van der Waals surface area contributed by atoms with Crippen molar-refractivity contribution in [1.29, 1.82) is 0 Å². The smallest absolute Gasteiger partial charge is 0.337 e. The number of nitrogens with one attached hydrogen (secondary N) is 1. The molecule has 0 saturated heterocycles. The fourth-order valence-corrected chi connectivity index (χ4v) is 1.61. The highest BCUT2D eigenvalue weighted by molar-refractivity contribution is 5.94. The van der Waals surface area contributed by atoms with Crippen molar-refractivity contribution >= 4 is 11.7 Å². The first kappa shape index (κ1) is 13.4. The minimum Gasteiger partial charge on any atom is -0.478 e. The third kappa shape index (κ3) is 3.41. The Balaban J connectivity index is 3.04. The highest BCUT2D eigenvalue weighted by atomic mass is 19.2. The summed E-state index contributed by atoms with van der Waals surface area (Å²) in [5.74, 6) is -3.49. The molecule has 1 unspecified atom stereocenters. The van der Waals surface area contributed by atoms with Crippen molar-refractivity contribution in [3.05, 3.63) is 29.3 Å². The molecule has 0 saturated carbocycles. The number of carbonyl (C=O) groups is 1. The molecule has 0 aliphatic carbocycles. The molecule has 17 heavy (non-hydrogen) atoms. The van der Waals surface area contributed by atoms with Gasteiger partial charge in [0.2, 0.25) is 0 Å². The Morgan fingerprint density at radius 2 is 2.00 bits per heavy atom. The van der Waals surface area contributed by atoms with Crippen LogP contribution < -0.4 is 5.32 Å². The number of halogens is 2. The first-order valence-corrected chi connectivity index (χ1v) is 5.44. The van der Waals surface area contributed by atoms with Gasteiger partial charge < -0.3 is 10.4 Å². The van der Waals surface area contributed by atoms with Gasteiger partial charge in [0.1, 0.15) is 0 Å². The maximum atomic E-state index is 13.1. The van der Waals surface area contributed by atoms with Crippen molar-refractivity contribution in [1.82, 2.24) is 0 Å². The Morgan fingerprint density at radius 1 is 1.41 bits per heavy atom. The maximum absolute atomic E-state index is 13.1. The molecule has 0 spiro atoms. The Bertz CT molecular complexity index is 421. The molecule has 3 nitrogen and oxygen atoms in total. The zero-order chi connectivity index (χ0) is 13.0. The Kier molecular flexibility index (Phi) is 4.43. The molecule has 1 aromatic rings. The highest BCUT2D eigenvalue weighted by Gasteiger charge is 2.16. The second-order valence-corrected chi connectivity index (χ2v) is 3.95. The highest BCUT2D eigenvalue weighted by Crippen LogP contribution is 2.21. The summed E-state index contributed by atoms with van der Waals surface area (Å²) in [6, 6.07) is 1.58. The van der Waals surface area contributed by atoms with Crippen molar-refractivity contribution in [2.75, 3.05) is 5.32 Å². The van der Waals surface area contributed by atoms with E-state index in [9.17, 15) is 13.6 Å². The van der Waals surface area contributed by atoms with Crippen molar-refractivity contribution in [3.63, 3.8) is 0 Å². The Hall–Kier alpha value is -1.65. The lowest BCUT2D eigenvalue weighted by molar-refractivity contribution is 0.0697. The predicted octanol–water partition coefficient (Wildman–Crippen LogP) is 3.26. The number of anilines is 1. The van der Waals surface area contributed by atoms with Gasteiger partial charge in [-0.1, -0.05) is 13.3 Å². The second-order valence-electron chi connectivity index (χ2n) is 3.95. The van der Waals surface area contributed by atoms with Gasteiger partial charge in [-0.05, 0) is 19.4 Å². The molecular formula is C12H15F2NO2. The van der Waals surface area contributed by atoms with Crippen LogP contribution in [0.3, 0.4) is 0 Å². The van der Waals surface area contributed by atoms with Gasteiger partial charge in [-0.25, -0.2) is 13.6 Å². The van der Waals surface area contributed by atoms with Crippen LogP contribution in [-0.4, -0.2) is 17.1 Å². The molecule has 0 amide bonds. The molecule has 1 aromatic carbocycles. The van der Waals surface area contributed by atoms with Gasteiger partial charge in [0.05, 0.1) is 11.3 Å². The fourth-order valence-electron chi connectivity index (χ4n) is 1.61. The molecule has 2 N–H and O–H groups in total. The van der Waals surface area contributed by atoms with Crippen molar-refractivity contribution < 1.29 is 18.7 Å². The van der Waals surface area contributed by atoms with Gasteiger partial charge in [-0.15, -0.1) is 0 Å². The van der Waals surface area contributed by atoms with E-state index in [1.54, 1.807) is 0 Å². The summed E-state index contributed by atoms with van der Waals surface area (Å²) in [4.78, 5) is 10.9. The van der Waals surface area contributed by atoms with Crippen LogP contribution in [0.15, 0.2) is 12.1 Å². The summed E-state index contributed by atoms with van der Waals surface area (Å²) in [6.07, 6.45) is 1.73. The van der Waals surface area contributed by atoms with Crippen LogP contribution in [-0.2, 0) is 0 Å². The van der Waals surface area contributed by atoms with E-state index in [2.05, 4.69) is 5.32 Å². The molecule has 0 fully saturated rings. The van der Waals surface area contributed by atoms with E-state index in [0.29, 0.717) is 6.07 Å². The van der Waals surface area contributed by atoms with Crippen LogP contribution in [0.5, 0.6) is 0 Å². The van der Waals surface area contributed by atoms with E-state index in [4.69, 9.17) is 5.11 Å². The molecule has 0 bridgehead atoms. The van der Waals surface area contributed by atoms with Crippen LogP contribution in [0.2, 0.25) is 0 Å². The number of aromatic carboxylic acids is 1. The number of carboxylic acids is 1. The fraction of sp³-hybridized carbons (Fsp3) is 0.417. The van der Waals surface area contributed by atoms with Gasteiger partial charge in [0.25, 0.3) is 0 Å². The Labute approximate surface area is 98.5 Å². The molecule has 1 atom stereocenters. The van der Waals surface area contributed by atoms with E-state index in [-0.39, 0.29) is 17.3 Å². The molecule has 0 radical (unpaired) electrons. The SMILES string of the molecule is CCCC(C)Nc1cc(F)c(F)cc1C(=O)O.